The minimum Gasteiger partial charge on any atom is -0.352 e. The molecule has 2 rings (SSSR count). The van der Waals surface area contributed by atoms with Gasteiger partial charge in [0.1, 0.15) is 5.82 Å². The number of hydrogen-bond acceptors (Lipinski definition) is 3. The number of anilines is 1. The predicted octanol–water partition coefficient (Wildman–Crippen LogP) is -0.0642. The Morgan fingerprint density at radius 3 is 3.21 bits per heavy atom. The van der Waals surface area contributed by atoms with Crippen LogP contribution in [-0.2, 0) is 11.2 Å². The maximum Gasteiger partial charge on any atom is 0.255 e. The van der Waals surface area contributed by atoms with Crippen LogP contribution in [0.2, 0.25) is 0 Å². The van der Waals surface area contributed by atoms with Crippen molar-refractivity contribution < 1.29 is 9.59 Å². The van der Waals surface area contributed by atoms with Crippen LogP contribution >= 0.6 is 0 Å². The van der Waals surface area contributed by atoms with Crippen LogP contribution in [-0.4, -0.2) is 23.8 Å². The number of carbonyl (C=O) groups is 2. The zero-order valence-electron chi connectivity index (χ0n) is 7.41. The van der Waals surface area contributed by atoms with Crippen LogP contribution in [0.3, 0.4) is 0 Å². The van der Waals surface area contributed by atoms with Crippen molar-refractivity contribution in [3.63, 3.8) is 0 Å². The Balaban J connectivity index is 2.51. The summed E-state index contributed by atoms with van der Waals surface area (Å²) in [5.41, 5.74) is 1.40. The highest BCUT2D eigenvalue weighted by Gasteiger charge is 2.20. The summed E-state index contributed by atoms with van der Waals surface area (Å²) in [6, 6.07) is 1.80. The van der Waals surface area contributed by atoms with E-state index in [4.69, 9.17) is 0 Å². The van der Waals surface area contributed by atoms with Gasteiger partial charge in [0.25, 0.3) is 5.91 Å². The van der Waals surface area contributed by atoms with Gasteiger partial charge < -0.3 is 10.6 Å². The molecule has 1 aromatic heterocycles. The highest BCUT2D eigenvalue weighted by Crippen LogP contribution is 2.19. The number of pyridine rings is 1. The Hall–Kier alpha value is -1.91. The van der Waals surface area contributed by atoms with Crippen LogP contribution < -0.4 is 10.6 Å². The van der Waals surface area contributed by atoms with Crippen molar-refractivity contribution in [2.24, 2.45) is 0 Å². The summed E-state index contributed by atoms with van der Waals surface area (Å²) < 4.78 is 0. The number of amides is 2. The van der Waals surface area contributed by atoms with E-state index >= 15 is 0 Å². The van der Waals surface area contributed by atoms with E-state index in [0.717, 1.165) is 12.0 Å². The summed E-state index contributed by atoms with van der Waals surface area (Å²) in [7, 11) is 0. The molecule has 0 atom stereocenters. The molecule has 0 saturated carbocycles. The molecular weight excluding hydrogens is 182 g/mol. The minimum absolute atomic E-state index is 0.177. The molecule has 0 radical (unpaired) electrons. The van der Waals surface area contributed by atoms with Gasteiger partial charge in [0, 0.05) is 12.7 Å². The third kappa shape index (κ3) is 1.32. The molecule has 1 aliphatic heterocycles. The monoisotopic (exact) mass is 191 g/mol. The number of rotatable bonds is 2. The zero-order chi connectivity index (χ0) is 9.97. The molecular formula is C9H9N3O2. The summed E-state index contributed by atoms with van der Waals surface area (Å²) in [4.78, 5) is 25.7. The van der Waals surface area contributed by atoms with Gasteiger partial charge in [-0.25, -0.2) is 4.98 Å². The third-order valence-corrected chi connectivity index (χ3v) is 2.14. The Morgan fingerprint density at radius 1 is 1.57 bits per heavy atom. The standard InChI is InChI=1S/C9H9N3O2/c13-5-12-8-7-6(1-3-10-8)2-4-11-9(7)14/h1,3,5H,2,4H2,(H,11,14)(H,10,12,13). The molecule has 1 aromatic rings. The SMILES string of the molecule is O=CNc1nccc2c1C(=O)NCC2. The molecule has 2 N–H and O–H groups in total. The highest BCUT2D eigenvalue weighted by molar-refractivity contribution is 6.02. The molecule has 2 heterocycles. The fraction of sp³-hybridized carbons (Fsp3) is 0.222. The maximum absolute atomic E-state index is 11.5. The zero-order valence-corrected chi connectivity index (χ0v) is 7.41. The number of nitrogens with one attached hydrogen (secondary N) is 2. The van der Waals surface area contributed by atoms with E-state index < -0.39 is 0 Å². The Bertz CT molecular complexity index is 390. The van der Waals surface area contributed by atoms with Gasteiger partial charge in [0.15, 0.2) is 0 Å². The minimum atomic E-state index is -0.177. The van der Waals surface area contributed by atoms with Crippen molar-refractivity contribution >= 4 is 18.1 Å². The predicted molar refractivity (Wildman–Crippen MR) is 50.0 cm³/mol. The number of nitrogens with zero attached hydrogens (tertiary/aromatic N) is 1. The number of aromatic nitrogens is 1. The van der Waals surface area contributed by atoms with E-state index in [0.29, 0.717) is 24.3 Å². The van der Waals surface area contributed by atoms with Crippen LogP contribution in [0.25, 0.3) is 0 Å². The summed E-state index contributed by atoms with van der Waals surface area (Å²) in [6.07, 6.45) is 2.88. The van der Waals surface area contributed by atoms with E-state index in [1.165, 1.54) is 0 Å². The first-order valence-electron chi connectivity index (χ1n) is 4.29. The topological polar surface area (TPSA) is 71.1 Å². The molecule has 0 aromatic carbocycles. The second-order valence-electron chi connectivity index (χ2n) is 2.96. The first-order valence-corrected chi connectivity index (χ1v) is 4.29. The Morgan fingerprint density at radius 2 is 2.43 bits per heavy atom. The quantitative estimate of drug-likeness (QED) is 0.643. The van der Waals surface area contributed by atoms with Gasteiger partial charge in [-0.3, -0.25) is 9.59 Å². The molecule has 1 aliphatic rings. The summed E-state index contributed by atoms with van der Waals surface area (Å²) in [5.74, 6) is 0.151. The third-order valence-electron chi connectivity index (χ3n) is 2.14. The first kappa shape index (κ1) is 8.68. The lowest BCUT2D eigenvalue weighted by atomic mass is 10.0. The second kappa shape index (κ2) is 3.45. The van der Waals surface area contributed by atoms with Crippen molar-refractivity contribution in [3.05, 3.63) is 23.4 Å². The highest BCUT2D eigenvalue weighted by atomic mass is 16.2. The molecule has 2 amide bonds. The van der Waals surface area contributed by atoms with Crippen molar-refractivity contribution in [2.75, 3.05) is 11.9 Å². The fourth-order valence-corrected chi connectivity index (χ4v) is 1.53. The summed E-state index contributed by atoms with van der Waals surface area (Å²) >= 11 is 0. The van der Waals surface area contributed by atoms with E-state index in [9.17, 15) is 9.59 Å². The number of carbonyl (C=O) groups excluding carboxylic acids is 2. The van der Waals surface area contributed by atoms with Gasteiger partial charge in [-0.2, -0.15) is 0 Å². The van der Waals surface area contributed by atoms with Gasteiger partial charge in [-0.1, -0.05) is 0 Å². The second-order valence-corrected chi connectivity index (χ2v) is 2.96. The molecule has 0 aliphatic carbocycles. The Kier molecular flexibility index (Phi) is 2.14. The molecule has 5 heteroatoms. The molecule has 0 bridgehead atoms. The fourth-order valence-electron chi connectivity index (χ4n) is 1.53. The lowest BCUT2D eigenvalue weighted by Crippen LogP contribution is -2.32. The molecule has 0 fully saturated rings. The van der Waals surface area contributed by atoms with E-state index in [2.05, 4.69) is 15.6 Å². The lowest BCUT2D eigenvalue weighted by molar-refractivity contribution is -0.105. The summed E-state index contributed by atoms with van der Waals surface area (Å²) in [6.45, 7) is 0.635. The Labute approximate surface area is 80.5 Å². The molecule has 0 unspecified atom stereocenters. The molecule has 0 saturated heterocycles. The molecule has 72 valence electrons. The average molecular weight is 191 g/mol. The van der Waals surface area contributed by atoms with Gasteiger partial charge in [-0.15, -0.1) is 0 Å². The number of fused-ring (bicyclic) bond motifs is 1. The average Bonchev–Trinajstić information content (AvgIpc) is 2.19. The number of hydrogen-bond donors (Lipinski definition) is 2. The van der Waals surface area contributed by atoms with Crippen molar-refractivity contribution in [3.8, 4) is 0 Å². The lowest BCUT2D eigenvalue weighted by Gasteiger charge is -2.17. The van der Waals surface area contributed by atoms with Crippen LogP contribution in [0.15, 0.2) is 12.3 Å². The van der Waals surface area contributed by atoms with Crippen LogP contribution in [0.1, 0.15) is 15.9 Å². The summed E-state index contributed by atoms with van der Waals surface area (Å²) in [5, 5.41) is 5.12. The van der Waals surface area contributed by atoms with Gasteiger partial charge in [-0.05, 0) is 18.1 Å². The van der Waals surface area contributed by atoms with Crippen LogP contribution in [0, 0.1) is 0 Å². The first-order chi connectivity index (χ1) is 6.83. The van der Waals surface area contributed by atoms with E-state index in [1.807, 2.05) is 0 Å². The maximum atomic E-state index is 11.5. The van der Waals surface area contributed by atoms with E-state index in [-0.39, 0.29) is 5.91 Å². The van der Waals surface area contributed by atoms with Crippen molar-refractivity contribution in [1.82, 2.24) is 10.3 Å². The molecule has 0 spiro atoms. The van der Waals surface area contributed by atoms with Gasteiger partial charge in [0.05, 0.1) is 5.56 Å². The van der Waals surface area contributed by atoms with Gasteiger partial charge >= 0.3 is 0 Å². The molecule has 5 nitrogen and oxygen atoms in total. The van der Waals surface area contributed by atoms with Crippen molar-refractivity contribution in [1.29, 1.82) is 0 Å². The normalized spacial score (nSPS) is 14.1. The largest absolute Gasteiger partial charge is 0.352 e. The smallest absolute Gasteiger partial charge is 0.255 e. The van der Waals surface area contributed by atoms with Crippen LogP contribution in [0.4, 0.5) is 5.82 Å². The van der Waals surface area contributed by atoms with E-state index in [1.54, 1.807) is 12.3 Å². The van der Waals surface area contributed by atoms with Crippen LogP contribution in [0.5, 0.6) is 0 Å². The van der Waals surface area contributed by atoms with Gasteiger partial charge in [0.2, 0.25) is 6.41 Å². The van der Waals surface area contributed by atoms with Crippen molar-refractivity contribution in [2.45, 2.75) is 6.42 Å². The molecule has 14 heavy (non-hydrogen) atoms.